The maximum atomic E-state index is 12.4. The van der Waals surface area contributed by atoms with E-state index in [1.165, 1.54) is 37.5 Å². The Balaban J connectivity index is 2.11. The minimum atomic E-state index is -0.687. The highest BCUT2D eigenvalue weighted by Crippen LogP contribution is 2.30. The highest BCUT2D eigenvalue weighted by molar-refractivity contribution is 5.97. The van der Waals surface area contributed by atoms with Crippen LogP contribution in [-0.2, 0) is 0 Å². The Hall–Kier alpha value is -2.11. The molecule has 6 heteroatoms. The quantitative estimate of drug-likeness (QED) is 0.683. The number of phenols is 1. The molecule has 0 saturated heterocycles. The molecule has 0 radical (unpaired) electrons. The summed E-state index contributed by atoms with van der Waals surface area (Å²) in [5, 5.41) is 20.7. The van der Waals surface area contributed by atoms with Crippen molar-refractivity contribution in [2.75, 3.05) is 13.6 Å². The van der Waals surface area contributed by atoms with Crippen molar-refractivity contribution in [2.45, 2.75) is 32.1 Å². The Morgan fingerprint density at radius 3 is 2.67 bits per heavy atom. The Labute approximate surface area is 123 Å². The predicted octanol–water partition coefficient (Wildman–Crippen LogP) is 2.95. The Kier molecular flexibility index (Phi) is 4.77. The number of phenolic OH excluding ortho intramolecular Hbond substituents is 1. The van der Waals surface area contributed by atoms with Gasteiger partial charge in [0.25, 0.3) is 5.91 Å². The van der Waals surface area contributed by atoms with E-state index in [4.69, 9.17) is 0 Å². The normalized spacial score (nSPS) is 15.7. The largest absolute Gasteiger partial charge is 0.502 e. The molecule has 1 N–H and O–H groups in total. The van der Waals surface area contributed by atoms with Gasteiger partial charge < -0.3 is 10.0 Å². The Morgan fingerprint density at radius 1 is 1.38 bits per heavy atom. The van der Waals surface area contributed by atoms with E-state index in [-0.39, 0.29) is 11.5 Å². The molecule has 1 aromatic rings. The number of carbonyl (C=O) groups is 1. The lowest BCUT2D eigenvalue weighted by atomic mass is 9.89. The number of aromatic hydroxyl groups is 1. The molecule has 0 atom stereocenters. The molecule has 0 spiro atoms. The predicted molar refractivity (Wildman–Crippen MR) is 78.3 cm³/mol. The van der Waals surface area contributed by atoms with Crippen molar-refractivity contribution < 1.29 is 14.8 Å². The van der Waals surface area contributed by atoms with Gasteiger partial charge >= 0.3 is 5.69 Å². The molecule has 1 aliphatic carbocycles. The minimum Gasteiger partial charge on any atom is -0.502 e. The van der Waals surface area contributed by atoms with Gasteiger partial charge in [-0.1, -0.05) is 25.3 Å². The number of nitro benzene ring substituents is 1. The lowest BCUT2D eigenvalue weighted by Gasteiger charge is -2.27. The van der Waals surface area contributed by atoms with E-state index < -0.39 is 16.4 Å². The van der Waals surface area contributed by atoms with E-state index in [0.717, 1.165) is 12.8 Å². The van der Waals surface area contributed by atoms with Gasteiger partial charge in [-0.15, -0.1) is 0 Å². The molecule has 2 rings (SSSR count). The van der Waals surface area contributed by atoms with Crippen molar-refractivity contribution in [3.63, 3.8) is 0 Å². The number of para-hydroxylation sites is 1. The van der Waals surface area contributed by atoms with E-state index in [9.17, 15) is 20.0 Å². The molecule has 6 nitrogen and oxygen atoms in total. The summed E-state index contributed by atoms with van der Waals surface area (Å²) in [4.78, 5) is 24.0. The van der Waals surface area contributed by atoms with Gasteiger partial charge in [0.1, 0.15) is 0 Å². The number of hydrogen-bond acceptors (Lipinski definition) is 4. The van der Waals surface area contributed by atoms with Crippen LogP contribution < -0.4 is 0 Å². The first kappa shape index (κ1) is 15.3. The van der Waals surface area contributed by atoms with Gasteiger partial charge in [-0.2, -0.15) is 0 Å². The molecule has 1 amide bonds. The first-order valence-electron chi connectivity index (χ1n) is 7.22. The van der Waals surface area contributed by atoms with E-state index in [1.807, 2.05) is 0 Å². The molecule has 1 saturated carbocycles. The zero-order valence-electron chi connectivity index (χ0n) is 12.1. The van der Waals surface area contributed by atoms with Gasteiger partial charge in [0.05, 0.1) is 10.5 Å². The number of benzene rings is 1. The number of amides is 1. The van der Waals surface area contributed by atoms with Crippen LogP contribution in [0.25, 0.3) is 0 Å². The average molecular weight is 292 g/mol. The maximum Gasteiger partial charge on any atom is 0.311 e. The fourth-order valence-corrected chi connectivity index (χ4v) is 2.90. The number of nitro groups is 1. The van der Waals surface area contributed by atoms with Crippen LogP contribution in [0.5, 0.6) is 5.75 Å². The van der Waals surface area contributed by atoms with Gasteiger partial charge in [-0.05, 0) is 24.8 Å². The summed E-state index contributed by atoms with van der Waals surface area (Å²) in [7, 11) is 1.68. The van der Waals surface area contributed by atoms with Crippen LogP contribution in [0.15, 0.2) is 18.2 Å². The van der Waals surface area contributed by atoms with Crippen molar-refractivity contribution in [1.29, 1.82) is 0 Å². The molecule has 1 aliphatic rings. The van der Waals surface area contributed by atoms with Crippen LogP contribution in [0.1, 0.15) is 42.5 Å². The van der Waals surface area contributed by atoms with E-state index in [0.29, 0.717) is 12.5 Å². The summed E-state index contributed by atoms with van der Waals surface area (Å²) in [5.74, 6) is -0.446. The van der Waals surface area contributed by atoms with Crippen molar-refractivity contribution in [2.24, 2.45) is 5.92 Å². The lowest BCUT2D eigenvalue weighted by molar-refractivity contribution is -0.385. The number of rotatable bonds is 4. The molecule has 0 bridgehead atoms. The number of nitrogens with zero attached hydrogens (tertiary/aromatic N) is 2. The highest BCUT2D eigenvalue weighted by atomic mass is 16.6. The van der Waals surface area contributed by atoms with Gasteiger partial charge in [-0.3, -0.25) is 14.9 Å². The molecule has 0 aromatic heterocycles. The lowest BCUT2D eigenvalue weighted by Crippen LogP contribution is -2.32. The van der Waals surface area contributed by atoms with Gasteiger partial charge in [0.2, 0.25) is 5.75 Å². The molecular weight excluding hydrogens is 272 g/mol. The van der Waals surface area contributed by atoms with Crippen LogP contribution in [-0.4, -0.2) is 34.4 Å². The number of hydrogen-bond donors (Lipinski definition) is 1. The standard InChI is InChI=1S/C15H20N2O4/c1-16(10-11-6-3-2-4-7-11)15(19)12-8-5-9-13(14(12)18)17(20)21/h5,8-9,11,18H,2-4,6-7,10H2,1H3. The summed E-state index contributed by atoms with van der Waals surface area (Å²) >= 11 is 0. The Morgan fingerprint density at radius 2 is 2.05 bits per heavy atom. The third kappa shape index (κ3) is 3.51. The summed E-state index contributed by atoms with van der Waals surface area (Å²) < 4.78 is 0. The molecule has 1 fully saturated rings. The first-order valence-corrected chi connectivity index (χ1v) is 7.22. The van der Waals surface area contributed by atoms with Crippen LogP contribution in [0.3, 0.4) is 0 Å². The smallest absolute Gasteiger partial charge is 0.311 e. The zero-order chi connectivity index (χ0) is 15.4. The highest BCUT2D eigenvalue weighted by Gasteiger charge is 2.25. The van der Waals surface area contributed by atoms with Crippen molar-refractivity contribution in [1.82, 2.24) is 4.90 Å². The van der Waals surface area contributed by atoms with E-state index in [2.05, 4.69) is 0 Å². The van der Waals surface area contributed by atoms with Crippen LogP contribution in [0.4, 0.5) is 5.69 Å². The van der Waals surface area contributed by atoms with Gasteiger partial charge in [0, 0.05) is 19.7 Å². The molecule has 1 aromatic carbocycles. The topological polar surface area (TPSA) is 83.7 Å². The molecular formula is C15H20N2O4. The maximum absolute atomic E-state index is 12.4. The fraction of sp³-hybridized carbons (Fsp3) is 0.533. The van der Waals surface area contributed by atoms with E-state index >= 15 is 0 Å². The molecule has 21 heavy (non-hydrogen) atoms. The summed E-state index contributed by atoms with van der Waals surface area (Å²) in [5.41, 5.74) is -0.450. The van der Waals surface area contributed by atoms with Gasteiger partial charge in [-0.25, -0.2) is 0 Å². The van der Waals surface area contributed by atoms with Crippen molar-refractivity contribution >= 4 is 11.6 Å². The molecule has 0 heterocycles. The second-order valence-electron chi connectivity index (χ2n) is 5.62. The van der Waals surface area contributed by atoms with Crippen molar-refractivity contribution in [3.8, 4) is 5.75 Å². The molecule has 114 valence electrons. The van der Waals surface area contributed by atoms with E-state index in [1.54, 1.807) is 11.9 Å². The third-order valence-corrected chi connectivity index (χ3v) is 4.05. The second kappa shape index (κ2) is 6.56. The van der Waals surface area contributed by atoms with Gasteiger partial charge in [0.15, 0.2) is 0 Å². The first-order chi connectivity index (χ1) is 10.0. The zero-order valence-corrected chi connectivity index (χ0v) is 12.1. The SMILES string of the molecule is CN(CC1CCCCC1)C(=O)c1cccc([N+](=O)[O-])c1O. The van der Waals surface area contributed by atoms with Crippen LogP contribution in [0.2, 0.25) is 0 Å². The third-order valence-electron chi connectivity index (χ3n) is 4.05. The number of carbonyl (C=O) groups excluding carboxylic acids is 1. The van der Waals surface area contributed by atoms with Crippen LogP contribution >= 0.6 is 0 Å². The minimum absolute atomic E-state index is 0.0116. The Bertz CT molecular complexity index is 538. The summed E-state index contributed by atoms with van der Waals surface area (Å²) in [6.45, 7) is 0.626. The second-order valence-corrected chi connectivity index (χ2v) is 5.62. The average Bonchev–Trinajstić information content (AvgIpc) is 2.47. The fourth-order valence-electron chi connectivity index (χ4n) is 2.90. The monoisotopic (exact) mass is 292 g/mol. The van der Waals surface area contributed by atoms with Crippen molar-refractivity contribution in [3.05, 3.63) is 33.9 Å². The summed E-state index contributed by atoms with van der Waals surface area (Å²) in [6.07, 6.45) is 5.85. The summed E-state index contributed by atoms with van der Waals surface area (Å²) in [6, 6.07) is 4.02. The molecule has 0 aliphatic heterocycles. The molecule has 0 unspecified atom stereocenters. The van der Waals surface area contributed by atoms with Crippen LogP contribution in [0, 0.1) is 16.0 Å².